The van der Waals surface area contributed by atoms with E-state index in [1.165, 1.54) is 0 Å². The van der Waals surface area contributed by atoms with Crippen LogP contribution in [0.3, 0.4) is 0 Å². The molecule has 4 rings (SSSR count). The van der Waals surface area contributed by atoms with Gasteiger partial charge in [0.25, 0.3) is 0 Å². The third-order valence-corrected chi connectivity index (χ3v) is 6.54. The van der Waals surface area contributed by atoms with Gasteiger partial charge in [-0.1, -0.05) is 38.1 Å². The lowest BCUT2D eigenvalue weighted by Crippen LogP contribution is -2.30. The summed E-state index contributed by atoms with van der Waals surface area (Å²) < 4.78 is 7.26. The first-order chi connectivity index (χ1) is 16.5. The largest absolute Gasteiger partial charge is 0.497 e. The Morgan fingerprint density at radius 3 is 2.59 bits per heavy atom. The molecule has 0 spiro atoms. The second kappa shape index (κ2) is 10.7. The first kappa shape index (κ1) is 23.8. The minimum atomic E-state index is -0.401. The van der Waals surface area contributed by atoms with Crippen LogP contribution < -0.4 is 10.1 Å². The van der Waals surface area contributed by atoms with Gasteiger partial charge >= 0.3 is 0 Å². The van der Waals surface area contributed by atoms with E-state index in [9.17, 15) is 9.59 Å². The summed E-state index contributed by atoms with van der Waals surface area (Å²) in [6.07, 6.45) is 0.210. The molecule has 0 bridgehead atoms. The summed E-state index contributed by atoms with van der Waals surface area (Å²) in [5.41, 5.74) is 2.85. The predicted molar refractivity (Wildman–Crippen MR) is 133 cm³/mol. The molecule has 1 atom stereocenters. The number of aromatic nitrogens is 2. The van der Waals surface area contributed by atoms with Crippen molar-refractivity contribution in [3.63, 3.8) is 0 Å². The number of ether oxygens (including phenoxy) is 1. The fraction of sp³-hybridized carbons (Fsp3) is 0.423. The fourth-order valence-corrected chi connectivity index (χ4v) is 4.44. The zero-order chi connectivity index (χ0) is 24.1. The number of para-hydroxylation sites is 2. The maximum absolute atomic E-state index is 13.2. The fourth-order valence-electron chi connectivity index (χ4n) is 4.44. The lowest BCUT2D eigenvalue weighted by Gasteiger charge is -2.20. The van der Waals surface area contributed by atoms with Crippen LogP contribution in [0.25, 0.3) is 11.0 Å². The summed E-state index contributed by atoms with van der Waals surface area (Å²) >= 11 is 0. The van der Waals surface area contributed by atoms with Crippen molar-refractivity contribution in [3.05, 3.63) is 54.1 Å². The van der Waals surface area contributed by atoms with E-state index >= 15 is 0 Å². The molecule has 0 aliphatic carbocycles. The van der Waals surface area contributed by atoms with E-state index in [1.807, 2.05) is 48.5 Å². The van der Waals surface area contributed by atoms with Crippen LogP contribution in [0.4, 0.5) is 5.95 Å². The number of nitrogens with one attached hydrogen (secondary N) is 1. The van der Waals surface area contributed by atoms with Gasteiger partial charge in [0, 0.05) is 32.6 Å². The highest BCUT2D eigenvalue weighted by Gasteiger charge is 2.35. The normalized spacial score (nSPS) is 15.9. The summed E-state index contributed by atoms with van der Waals surface area (Å²) in [5, 5.41) is 3.02. The number of hydrogen-bond acceptors (Lipinski definition) is 5. The quantitative estimate of drug-likeness (QED) is 0.499. The van der Waals surface area contributed by atoms with Gasteiger partial charge in [-0.15, -0.1) is 0 Å². The number of rotatable bonds is 10. The molecule has 3 aromatic rings. The van der Waals surface area contributed by atoms with E-state index in [0.29, 0.717) is 19.0 Å². The summed E-state index contributed by atoms with van der Waals surface area (Å²) in [6, 6.07) is 15.5. The van der Waals surface area contributed by atoms with E-state index in [4.69, 9.17) is 4.74 Å². The van der Waals surface area contributed by atoms with Crippen LogP contribution in [-0.2, 0) is 22.7 Å². The Balaban J connectivity index is 1.45. The highest BCUT2D eigenvalue weighted by atomic mass is 16.5. The number of likely N-dealkylation sites (N-methyl/N-ethyl adjacent to an activating group) is 1. The van der Waals surface area contributed by atoms with Crippen molar-refractivity contribution >= 4 is 28.8 Å². The molecule has 1 aliphatic rings. The van der Waals surface area contributed by atoms with E-state index in [0.717, 1.165) is 48.5 Å². The lowest BCUT2D eigenvalue weighted by molar-refractivity contribution is -0.128. The molecule has 1 saturated heterocycles. The molecule has 8 nitrogen and oxygen atoms in total. The molecule has 180 valence electrons. The molecule has 2 heterocycles. The molecular formula is C26H33N5O3. The summed E-state index contributed by atoms with van der Waals surface area (Å²) in [5.74, 6) is 0.745. The van der Waals surface area contributed by atoms with Crippen molar-refractivity contribution in [2.75, 3.05) is 38.6 Å². The molecule has 8 heteroatoms. The molecule has 1 aliphatic heterocycles. The van der Waals surface area contributed by atoms with Gasteiger partial charge in [0.05, 0.1) is 24.1 Å². The number of amides is 2. The Hall–Kier alpha value is -3.39. The second-order valence-electron chi connectivity index (χ2n) is 8.62. The number of anilines is 1. The average molecular weight is 464 g/mol. The molecule has 0 saturated carbocycles. The SMILES string of the molecule is CCN(CC)CCn1c(NC(=O)C2CC(=O)N(Cc3ccc(OC)cc3)C2)nc2ccccc21. The third kappa shape index (κ3) is 5.22. The van der Waals surface area contributed by atoms with E-state index in [-0.39, 0.29) is 18.2 Å². The highest BCUT2D eigenvalue weighted by Crippen LogP contribution is 2.24. The molecule has 1 fully saturated rings. The van der Waals surface area contributed by atoms with Gasteiger partial charge < -0.3 is 19.1 Å². The number of carbonyl (C=O) groups is 2. The van der Waals surface area contributed by atoms with Gasteiger partial charge in [0.15, 0.2) is 0 Å². The number of benzene rings is 2. The van der Waals surface area contributed by atoms with E-state index in [2.05, 4.69) is 33.6 Å². The number of fused-ring (bicyclic) bond motifs is 1. The van der Waals surface area contributed by atoms with Crippen molar-refractivity contribution in [2.45, 2.75) is 33.4 Å². The molecule has 2 aromatic carbocycles. The average Bonchev–Trinajstić information content (AvgIpc) is 3.40. The first-order valence-corrected chi connectivity index (χ1v) is 11.9. The molecule has 2 amide bonds. The van der Waals surface area contributed by atoms with Crippen molar-refractivity contribution in [3.8, 4) is 5.75 Å². The number of carbonyl (C=O) groups excluding carboxylic acids is 2. The summed E-state index contributed by atoms with van der Waals surface area (Å²) in [4.78, 5) is 34.5. The minimum absolute atomic E-state index is 0.00833. The zero-order valence-electron chi connectivity index (χ0n) is 20.2. The predicted octanol–water partition coefficient (Wildman–Crippen LogP) is 3.37. The Kier molecular flexibility index (Phi) is 7.47. The lowest BCUT2D eigenvalue weighted by atomic mass is 10.1. The number of likely N-dealkylation sites (tertiary alicyclic amines) is 1. The van der Waals surface area contributed by atoms with Crippen LogP contribution in [0, 0.1) is 5.92 Å². The molecule has 34 heavy (non-hydrogen) atoms. The molecule has 1 N–H and O–H groups in total. The Labute approximate surface area is 200 Å². The van der Waals surface area contributed by atoms with Crippen molar-refractivity contribution < 1.29 is 14.3 Å². The molecule has 1 aromatic heterocycles. The number of hydrogen-bond donors (Lipinski definition) is 1. The number of imidazole rings is 1. The minimum Gasteiger partial charge on any atom is -0.497 e. The highest BCUT2D eigenvalue weighted by molar-refractivity contribution is 5.97. The maximum atomic E-state index is 13.2. The number of nitrogens with zero attached hydrogens (tertiary/aromatic N) is 4. The summed E-state index contributed by atoms with van der Waals surface area (Å²) in [6.45, 7) is 8.71. The number of methoxy groups -OCH3 is 1. The van der Waals surface area contributed by atoms with Gasteiger partial charge in [-0.3, -0.25) is 14.9 Å². The van der Waals surface area contributed by atoms with E-state index < -0.39 is 5.92 Å². The smallest absolute Gasteiger partial charge is 0.232 e. The monoisotopic (exact) mass is 463 g/mol. The maximum Gasteiger partial charge on any atom is 0.232 e. The Morgan fingerprint density at radius 2 is 1.88 bits per heavy atom. The van der Waals surface area contributed by atoms with Crippen LogP contribution in [0.5, 0.6) is 5.75 Å². The van der Waals surface area contributed by atoms with Gasteiger partial charge in [0.1, 0.15) is 5.75 Å². The van der Waals surface area contributed by atoms with Crippen LogP contribution in [0.15, 0.2) is 48.5 Å². The first-order valence-electron chi connectivity index (χ1n) is 11.9. The van der Waals surface area contributed by atoms with Crippen LogP contribution in [-0.4, -0.2) is 64.5 Å². The topological polar surface area (TPSA) is 79.7 Å². The van der Waals surface area contributed by atoms with Gasteiger partial charge in [-0.05, 0) is 42.9 Å². The zero-order valence-corrected chi connectivity index (χ0v) is 20.2. The van der Waals surface area contributed by atoms with Crippen molar-refractivity contribution in [2.24, 2.45) is 5.92 Å². The van der Waals surface area contributed by atoms with Crippen molar-refractivity contribution in [1.29, 1.82) is 0 Å². The van der Waals surface area contributed by atoms with Gasteiger partial charge in [-0.2, -0.15) is 0 Å². The standard InChI is InChI=1S/C26H33N5O3/c1-4-29(5-2)14-15-31-23-9-7-6-8-22(23)27-26(31)28-25(33)20-16-24(32)30(18-20)17-19-10-12-21(34-3)13-11-19/h6-13,20H,4-5,14-18H2,1-3H3,(H,27,28,33). The Morgan fingerprint density at radius 1 is 1.15 bits per heavy atom. The molecule has 1 unspecified atom stereocenters. The molecular weight excluding hydrogens is 430 g/mol. The van der Waals surface area contributed by atoms with E-state index in [1.54, 1.807) is 12.0 Å². The van der Waals surface area contributed by atoms with Crippen LogP contribution in [0.2, 0.25) is 0 Å². The van der Waals surface area contributed by atoms with Crippen LogP contribution in [0.1, 0.15) is 25.8 Å². The van der Waals surface area contributed by atoms with Gasteiger partial charge in [-0.25, -0.2) is 4.98 Å². The molecule has 0 radical (unpaired) electrons. The van der Waals surface area contributed by atoms with Crippen LogP contribution >= 0.6 is 0 Å². The van der Waals surface area contributed by atoms with Gasteiger partial charge in [0.2, 0.25) is 17.8 Å². The summed E-state index contributed by atoms with van der Waals surface area (Å²) in [7, 11) is 1.63. The van der Waals surface area contributed by atoms with Crippen molar-refractivity contribution in [1.82, 2.24) is 19.4 Å². The third-order valence-electron chi connectivity index (χ3n) is 6.54. The Bertz CT molecular complexity index is 1140. The second-order valence-corrected chi connectivity index (χ2v) is 8.62.